The molecule has 1 N–H and O–H groups in total. The van der Waals surface area contributed by atoms with E-state index in [9.17, 15) is 18.8 Å². The summed E-state index contributed by atoms with van der Waals surface area (Å²) in [4.78, 5) is 39.2. The zero-order chi connectivity index (χ0) is 18.8. The molecule has 0 bridgehead atoms. The minimum atomic E-state index is -0.494. The lowest BCUT2D eigenvalue weighted by molar-refractivity contribution is -0.117. The van der Waals surface area contributed by atoms with Gasteiger partial charge in [0.2, 0.25) is 11.8 Å². The molecule has 0 atom stereocenters. The van der Waals surface area contributed by atoms with Crippen molar-refractivity contribution in [1.29, 1.82) is 0 Å². The summed E-state index contributed by atoms with van der Waals surface area (Å²) in [7, 11) is 0. The number of anilines is 2. The first-order valence-electron chi connectivity index (χ1n) is 7.97. The number of nitrogens with one attached hydrogen (secondary N) is 1. The summed E-state index contributed by atoms with van der Waals surface area (Å²) in [5.41, 5.74) is 0.175. The van der Waals surface area contributed by atoms with Crippen molar-refractivity contribution in [3.63, 3.8) is 0 Å². The molecule has 2 amide bonds. The van der Waals surface area contributed by atoms with E-state index in [1.165, 1.54) is 47.1 Å². The Hall–Kier alpha value is -2.68. The predicted molar refractivity (Wildman–Crippen MR) is 96.9 cm³/mol. The van der Waals surface area contributed by atoms with Gasteiger partial charge in [-0.15, -0.1) is 11.8 Å². The number of aromatic nitrogens is 2. The maximum absolute atomic E-state index is 12.9. The fraction of sp³-hybridized carbons (Fsp3) is 0.294. The number of hydrogen-bond acceptors (Lipinski definition) is 5. The molecule has 26 heavy (non-hydrogen) atoms. The summed E-state index contributed by atoms with van der Waals surface area (Å²) < 4.78 is 13.9. The monoisotopic (exact) mass is 376 g/mol. The van der Waals surface area contributed by atoms with Gasteiger partial charge in [0.15, 0.2) is 0 Å². The molecule has 1 aliphatic rings. The van der Waals surface area contributed by atoms with E-state index < -0.39 is 17.3 Å². The van der Waals surface area contributed by atoms with Gasteiger partial charge in [-0.2, -0.15) is 5.10 Å². The third-order valence-electron chi connectivity index (χ3n) is 3.78. The van der Waals surface area contributed by atoms with E-state index in [1.807, 2.05) is 13.8 Å². The maximum atomic E-state index is 12.9. The number of fused-ring (bicyclic) bond motifs is 1. The van der Waals surface area contributed by atoms with Crippen molar-refractivity contribution in [2.75, 3.05) is 16.0 Å². The van der Waals surface area contributed by atoms with E-state index in [2.05, 4.69) is 10.4 Å². The molecule has 9 heteroatoms. The Balaban J connectivity index is 1.85. The van der Waals surface area contributed by atoms with Gasteiger partial charge in [-0.1, -0.05) is 0 Å². The third-order valence-corrected chi connectivity index (χ3v) is 4.78. The molecule has 0 aliphatic carbocycles. The van der Waals surface area contributed by atoms with Crippen LogP contribution in [0.4, 0.5) is 15.8 Å². The van der Waals surface area contributed by atoms with Crippen molar-refractivity contribution < 1.29 is 14.0 Å². The molecule has 1 aliphatic heterocycles. The summed E-state index contributed by atoms with van der Waals surface area (Å²) in [5, 5.41) is 6.61. The van der Waals surface area contributed by atoms with Crippen LogP contribution in [0.1, 0.15) is 13.8 Å². The average Bonchev–Trinajstić information content (AvgIpc) is 2.59. The first-order valence-corrected chi connectivity index (χ1v) is 8.96. The van der Waals surface area contributed by atoms with E-state index in [-0.39, 0.29) is 29.9 Å². The maximum Gasteiger partial charge on any atom is 0.292 e. The van der Waals surface area contributed by atoms with Crippen LogP contribution in [-0.2, 0) is 16.1 Å². The molecule has 7 nitrogen and oxygen atoms in total. The Morgan fingerprint density at radius 2 is 2.00 bits per heavy atom. The van der Waals surface area contributed by atoms with Crippen LogP contribution in [0.25, 0.3) is 0 Å². The van der Waals surface area contributed by atoms with E-state index in [0.717, 1.165) is 4.68 Å². The minimum Gasteiger partial charge on any atom is -0.324 e. The number of benzene rings is 1. The van der Waals surface area contributed by atoms with Gasteiger partial charge in [-0.05, 0) is 38.1 Å². The number of thioether (sulfide) groups is 1. The van der Waals surface area contributed by atoms with Crippen LogP contribution in [0, 0.1) is 5.82 Å². The van der Waals surface area contributed by atoms with Crippen molar-refractivity contribution in [3.05, 3.63) is 46.6 Å². The lowest BCUT2D eigenvalue weighted by Gasteiger charge is -2.31. The van der Waals surface area contributed by atoms with Crippen LogP contribution in [0.15, 0.2) is 40.2 Å². The van der Waals surface area contributed by atoms with Gasteiger partial charge in [0, 0.05) is 11.7 Å². The number of nitrogens with zero attached hydrogens (tertiary/aromatic N) is 3. The number of rotatable bonds is 4. The summed E-state index contributed by atoms with van der Waals surface area (Å²) >= 11 is 1.26. The van der Waals surface area contributed by atoms with Gasteiger partial charge in [0.25, 0.3) is 5.56 Å². The van der Waals surface area contributed by atoms with E-state index in [4.69, 9.17) is 0 Å². The topological polar surface area (TPSA) is 84.3 Å². The van der Waals surface area contributed by atoms with Gasteiger partial charge < -0.3 is 10.2 Å². The molecule has 0 saturated carbocycles. The van der Waals surface area contributed by atoms with Crippen LogP contribution in [0.5, 0.6) is 0 Å². The summed E-state index contributed by atoms with van der Waals surface area (Å²) in [6, 6.07) is 5.11. The lowest BCUT2D eigenvalue weighted by atomic mass is 10.2. The van der Waals surface area contributed by atoms with Crippen LogP contribution in [0.2, 0.25) is 0 Å². The highest BCUT2D eigenvalue weighted by Gasteiger charge is 2.30. The number of carbonyl (C=O) groups is 2. The molecule has 2 heterocycles. The fourth-order valence-electron chi connectivity index (χ4n) is 2.65. The predicted octanol–water partition coefficient (Wildman–Crippen LogP) is 1.87. The van der Waals surface area contributed by atoms with Gasteiger partial charge in [0.1, 0.15) is 18.0 Å². The first-order chi connectivity index (χ1) is 12.4. The standard InChI is InChI=1S/C17H17FN4O3S/c1-10(2)22-15(24)9-26-13-7-19-21(17(25)16(13)22)8-14(23)20-12-5-3-11(18)4-6-12/h3-7,10H,8-9H2,1-2H3,(H,20,23). The Morgan fingerprint density at radius 3 is 2.65 bits per heavy atom. The second kappa shape index (κ2) is 7.28. The first kappa shape index (κ1) is 18.1. The molecule has 0 spiro atoms. The Labute approximate surface area is 153 Å². The number of amides is 2. The molecule has 3 rings (SSSR count). The average molecular weight is 376 g/mol. The molecular weight excluding hydrogens is 359 g/mol. The molecule has 1 aromatic carbocycles. The van der Waals surface area contributed by atoms with E-state index in [1.54, 1.807) is 0 Å². The largest absolute Gasteiger partial charge is 0.324 e. The highest BCUT2D eigenvalue weighted by Crippen LogP contribution is 2.32. The summed E-state index contributed by atoms with van der Waals surface area (Å²) in [6.45, 7) is 3.33. The molecule has 0 saturated heterocycles. The SMILES string of the molecule is CC(C)N1C(=O)CSc2cnn(CC(=O)Nc3ccc(F)cc3)c(=O)c21. The van der Waals surface area contributed by atoms with Crippen LogP contribution >= 0.6 is 11.8 Å². The fourth-order valence-corrected chi connectivity index (χ4v) is 3.52. The third kappa shape index (κ3) is 3.62. The Morgan fingerprint density at radius 1 is 1.31 bits per heavy atom. The van der Waals surface area contributed by atoms with Crippen molar-refractivity contribution in [3.8, 4) is 0 Å². The van der Waals surface area contributed by atoms with Crippen molar-refractivity contribution in [1.82, 2.24) is 9.78 Å². The van der Waals surface area contributed by atoms with Crippen LogP contribution in [0.3, 0.4) is 0 Å². The molecule has 136 valence electrons. The Bertz CT molecular complexity index is 911. The molecule has 0 radical (unpaired) electrons. The zero-order valence-corrected chi connectivity index (χ0v) is 15.0. The van der Waals surface area contributed by atoms with Crippen LogP contribution < -0.4 is 15.8 Å². The second-order valence-electron chi connectivity index (χ2n) is 6.02. The normalized spacial score (nSPS) is 13.7. The van der Waals surface area contributed by atoms with Crippen LogP contribution in [-0.4, -0.2) is 33.4 Å². The van der Waals surface area contributed by atoms with E-state index >= 15 is 0 Å². The van der Waals surface area contributed by atoms with Gasteiger partial charge >= 0.3 is 0 Å². The molecular formula is C17H17FN4O3S. The number of halogens is 1. The lowest BCUT2D eigenvalue weighted by Crippen LogP contribution is -2.45. The summed E-state index contributed by atoms with van der Waals surface area (Å²) in [5.74, 6) is -0.784. The zero-order valence-electron chi connectivity index (χ0n) is 14.2. The van der Waals surface area contributed by atoms with Crippen molar-refractivity contribution in [2.24, 2.45) is 0 Å². The highest BCUT2D eigenvalue weighted by molar-refractivity contribution is 8.00. The molecule has 2 aromatic rings. The number of carbonyl (C=O) groups excluding carboxylic acids is 2. The van der Waals surface area contributed by atoms with Gasteiger partial charge in [-0.3, -0.25) is 14.4 Å². The minimum absolute atomic E-state index is 0.150. The smallest absolute Gasteiger partial charge is 0.292 e. The molecule has 1 aromatic heterocycles. The van der Waals surface area contributed by atoms with Gasteiger partial charge in [0.05, 0.1) is 16.8 Å². The number of hydrogen-bond donors (Lipinski definition) is 1. The molecule has 0 unspecified atom stereocenters. The second-order valence-corrected chi connectivity index (χ2v) is 7.04. The van der Waals surface area contributed by atoms with Gasteiger partial charge in [-0.25, -0.2) is 9.07 Å². The Kier molecular flexibility index (Phi) is 5.08. The van der Waals surface area contributed by atoms with E-state index in [0.29, 0.717) is 10.6 Å². The quantitative estimate of drug-likeness (QED) is 0.881. The summed E-state index contributed by atoms with van der Waals surface area (Å²) in [6.07, 6.45) is 1.49. The highest BCUT2D eigenvalue weighted by atomic mass is 32.2. The van der Waals surface area contributed by atoms with Crippen molar-refractivity contribution >= 4 is 35.0 Å². The molecule has 0 fully saturated rings. The van der Waals surface area contributed by atoms with Crippen molar-refractivity contribution in [2.45, 2.75) is 31.3 Å².